The largest absolute Gasteiger partial charge is 0.466 e. The van der Waals surface area contributed by atoms with Crippen molar-refractivity contribution in [1.29, 1.82) is 0 Å². The van der Waals surface area contributed by atoms with Crippen LogP contribution in [0.3, 0.4) is 0 Å². The Bertz CT molecular complexity index is 446. The predicted molar refractivity (Wildman–Crippen MR) is 75.8 cm³/mol. The van der Waals surface area contributed by atoms with E-state index >= 15 is 0 Å². The van der Waals surface area contributed by atoms with Gasteiger partial charge in [0.05, 0.1) is 6.61 Å². The second kappa shape index (κ2) is 6.57. The highest BCUT2D eigenvalue weighted by Crippen LogP contribution is 2.32. The van der Waals surface area contributed by atoms with E-state index < -0.39 is 0 Å². The summed E-state index contributed by atoms with van der Waals surface area (Å²) in [6, 6.07) is 6.53. The minimum Gasteiger partial charge on any atom is -0.466 e. The van der Waals surface area contributed by atoms with Gasteiger partial charge in [0, 0.05) is 18.2 Å². The number of nitrogens with one attached hydrogen (secondary N) is 1. The van der Waals surface area contributed by atoms with E-state index in [9.17, 15) is 4.79 Å². The number of anilines is 1. The lowest BCUT2D eigenvalue weighted by Crippen LogP contribution is -2.21. The Morgan fingerprint density at radius 1 is 1.53 bits per heavy atom. The second-order valence-corrected chi connectivity index (χ2v) is 4.91. The zero-order chi connectivity index (χ0) is 13.7. The fourth-order valence-electron chi connectivity index (χ4n) is 2.59. The zero-order valence-corrected chi connectivity index (χ0v) is 11.4. The first-order valence-electron chi connectivity index (χ1n) is 6.98. The highest BCUT2D eigenvalue weighted by atomic mass is 16.5. The van der Waals surface area contributed by atoms with E-state index in [1.165, 1.54) is 11.1 Å². The summed E-state index contributed by atoms with van der Waals surface area (Å²) in [5.74, 6) is -0.108. The van der Waals surface area contributed by atoms with Crippen molar-refractivity contribution < 1.29 is 9.53 Å². The number of aryl methyl sites for hydroxylation is 1. The molecule has 0 fully saturated rings. The molecule has 0 aromatic heterocycles. The summed E-state index contributed by atoms with van der Waals surface area (Å²) in [5.41, 5.74) is 9.32. The monoisotopic (exact) mass is 262 g/mol. The van der Waals surface area contributed by atoms with Gasteiger partial charge in [-0.3, -0.25) is 4.79 Å². The summed E-state index contributed by atoms with van der Waals surface area (Å²) in [6.45, 7) is 3.13. The van der Waals surface area contributed by atoms with E-state index in [0.717, 1.165) is 31.5 Å². The Kier molecular flexibility index (Phi) is 4.80. The van der Waals surface area contributed by atoms with E-state index in [4.69, 9.17) is 10.5 Å². The molecule has 1 aromatic rings. The smallest absolute Gasteiger partial charge is 0.305 e. The summed E-state index contributed by atoms with van der Waals surface area (Å²) in [6.07, 6.45) is 3.50. The van der Waals surface area contributed by atoms with Crippen molar-refractivity contribution in [3.05, 3.63) is 29.3 Å². The Labute approximate surface area is 114 Å². The van der Waals surface area contributed by atoms with Crippen LogP contribution in [0.4, 0.5) is 5.69 Å². The van der Waals surface area contributed by atoms with Crippen molar-refractivity contribution in [2.75, 3.05) is 18.9 Å². The Hall–Kier alpha value is -1.55. The van der Waals surface area contributed by atoms with Crippen molar-refractivity contribution in [1.82, 2.24) is 5.32 Å². The van der Waals surface area contributed by atoms with Gasteiger partial charge < -0.3 is 15.8 Å². The van der Waals surface area contributed by atoms with Crippen LogP contribution in [0.2, 0.25) is 0 Å². The molecule has 0 saturated heterocycles. The Balaban J connectivity index is 1.76. The van der Waals surface area contributed by atoms with E-state index in [1.807, 2.05) is 13.0 Å². The Morgan fingerprint density at radius 3 is 3.16 bits per heavy atom. The van der Waals surface area contributed by atoms with Crippen molar-refractivity contribution in [3.63, 3.8) is 0 Å². The highest BCUT2D eigenvalue weighted by Gasteiger charge is 2.21. The average Bonchev–Trinajstić information content (AvgIpc) is 2.77. The quantitative estimate of drug-likeness (QED) is 0.468. The molecule has 0 spiro atoms. The number of benzene rings is 1. The maximum atomic E-state index is 11.2. The number of rotatable bonds is 6. The van der Waals surface area contributed by atoms with Crippen molar-refractivity contribution in [2.24, 2.45) is 0 Å². The molecule has 4 nitrogen and oxygen atoms in total. The van der Waals surface area contributed by atoms with Gasteiger partial charge in [-0.1, -0.05) is 6.07 Å². The van der Waals surface area contributed by atoms with Gasteiger partial charge in [0.25, 0.3) is 0 Å². The SMILES string of the molecule is CCOC(=O)CCCNC1CCc2cc(N)ccc21. The zero-order valence-electron chi connectivity index (χ0n) is 11.4. The second-order valence-electron chi connectivity index (χ2n) is 4.91. The average molecular weight is 262 g/mol. The number of carbonyl (C=O) groups excluding carboxylic acids is 1. The summed E-state index contributed by atoms with van der Waals surface area (Å²) in [5, 5.41) is 3.51. The molecule has 19 heavy (non-hydrogen) atoms. The minimum absolute atomic E-state index is 0.108. The van der Waals surface area contributed by atoms with Crippen LogP contribution >= 0.6 is 0 Å². The van der Waals surface area contributed by atoms with Crippen LogP contribution in [0.5, 0.6) is 0 Å². The number of hydrogen-bond donors (Lipinski definition) is 2. The van der Waals surface area contributed by atoms with Crippen molar-refractivity contribution in [2.45, 2.75) is 38.6 Å². The maximum Gasteiger partial charge on any atom is 0.305 e. The first-order chi connectivity index (χ1) is 9.20. The first kappa shape index (κ1) is 13.9. The molecule has 1 aliphatic carbocycles. The molecule has 4 heteroatoms. The molecule has 0 amide bonds. The first-order valence-corrected chi connectivity index (χ1v) is 6.98. The summed E-state index contributed by atoms with van der Waals surface area (Å²) in [7, 11) is 0. The molecule has 1 aliphatic rings. The molecule has 2 rings (SSSR count). The molecular formula is C15H22N2O2. The third-order valence-electron chi connectivity index (χ3n) is 3.50. The molecule has 0 aliphatic heterocycles. The van der Waals surface area contributed by atoms with Crippen LogP contribution in [0.25, 0.3) is 0 Å². The van der Waals surface area contributed by atoms with Gasteiger partial charge in [0.2, 0.25) is 0 Å². The van der Waals surface area contributed by atoms with Crippen LogP contribution in [0.15, 0.2) is 18.2 Å². The molecule has 0 heterocycles. The number of hydrogen-bond acceptors (Lipinski definition) is 4. The van der Waals surface area contributed by atoms with E-state index in [0.29, 0.717) is 19.1 Å². The number of fused-ring (bicyclic) bond motifs is 1. The predicted octanol–water partition coefficient (Wildman–Crippen LogP) is 2.19. The van der Waals surface area contributed by atoms with Crippen LogP contribution in [0.1, 0.15) is 43.4 Å². The van der Waals surface area contributed by atoms with Gasteiger partial charge in [-0.2, -0.15) is 0 Å². The lowest BCUT2D eigenvalue weighted by molar-refractivity contribution is -0.143. The van der Waals surface area contributed by atoms with Gasteiger partial charge in [0.1, 0.15) is 0 Å². The molecule has 1 atom stereocenters. The molecule has 3 N–H and O–H groups in total. The van der Waals surface area contributed by atoms with Crippen LogP contribution < -0.4 is 11.1 Å². The van der Waals surface area contributed by atoms with Crippen LogP contribution in [0, 0.1) is 0 Å². The van der Waals surface area contributed by atoms with E-state index in [-0.39, 0.29) is 5.97 Å². The van der Waals surface area contributed by atoms with Gasteiger partial charge in [-0.15, -0.1) is 0 Å². The lowest BCUT2D eigenvalue weighted by atomic mass is 10.1. The van der Waals surface area contributed by atoms with Gasteiger partial charge >= 0.3 is 5.97 Å². The number of carbonyl (C=O) groups is 1. The van der Waals surface area contributed by atoms with Crippen LogP contribution in [-0.2, 0) is 16.0 Å². The molecule has 104 valence electrons. The third-order valence-corrected chi connectivity index (χ3v) is 3.50. The van der Waals surface area contributed by atoms with Gasteiger partial charge in [-0.05, 0) is 56.0 Å². The standard InChI is InChI=1S/C15H22N2O2/c1-2-19-15(18)4-3-9-17-14-8-5-11-10-12(16)6-7-13(11)14/h6-7,10,14,17H,2-5,8-9,16H2,1H3. The summed E-state index contributed by atoms with van der Waals surface area (Å²) in [4.78, 5) is 11.2. The molecule has 0 saturated carbocycles. The van der Waals surface area contributed by atoms with Gasteiger partial charge in [0.15, 0.2) is 0 Å². The lowest BCUT2D eigenvalue weighted by Gasteiger charge is -2.14. The molecule has 1 unspecified atom stereocenters. The van der Waals surface area contributed by atoms with E-state index in [2.05, 4.69) is 17.4 Å². The number of esters is 1. The topological polar surface area (TPSA) is 64.3 Å². The van der Waals surface area contributed by atoms with Crippen molar-refractivity contribution in [3.8, 4) is 0 Å². The summed E-state index contributed by atoms with van der Waals surface area (Å²) < 4.78 is 4.90. The molecule has 0 bridgehead atoms. The number of nitrogens with two attached hydrogens (primary N) is 1. The molecular weight excluding hydrogens is 240 g/mol. The summed E-state index contributed by atoms with van der Waals surface area (Å²) >= 11 is 0. The third kappa shape index (κ3) is 3.70. The van der Waals surface area contributed by atoms with Crippen LogP contribution in [-0.4, -0.2) is 19.1 Å². The molecule has 1 aromatic carbocycles. The Morgan fingerprint density at radius 2 is 2.37 bits per heavy atom. The number of ether oxygens (including phenoxy) is 1. The fraction of sp³-hybridized carbons (Fsp3) is 0.533. The van der Waals surface area contributed by atoms with Gasteiger partial charge in [-0.25, -0.2) is 0 Å². The van der Waals surface area contributed by atoms with E-state index in [1.54, 1.807) is 0 Å². The fourth-order valence-corrected chi connectivity index (χ4v) is 2.59. The minimum atomic E-state index is -0.108. The number of nitrogen functional groups attached to an aromatic ring is 1. The normalized spacial score (nSPS) is 17.2. The van der Waals surface area contributed by atoms with Crippen molar-refractivity contribution >= 4 is 11.7 Å². The maximum absolute atomic E-state index is 11.2. The highest BCUT2D eigenvalue weighted by molar-refractivity contribution is 5.69. The molecule has 0 radical (unpaired) electrons.